The Morgan fingerprint density at radius 1 is 1.45 bits per heavy atom. The standard InChI is InChI=1S/C6H2F3N3.C6H10N2O2/c7-3-1-2-4(8)6(5(3)9)11-12-10;1-2-6(10)8-3-5(7)4-9/h1-2H;2,4-5H,1,3,7H2,(H,8,10). The number of rotatable bonds is 5. The third-order valence-electron chi connectivity index (χ3n) is 2.04. The van der Waals surface area contributed by atoms with Gasteiger partial charge in [0.25, 0.3) is 0 Å². The average molecular weight is 315 g/mol. The molecule has 0 saturated heterocycles. The van der Waals surface area contributed by atoms with Gasteiger partial charge >= 0.3 is 0 Å². The van der Waals surface area contributed by atoms with Gasteiger partial charge in [0.05, 0.1) is 6.04 Å². The van der Waals surface area contributed by atoms with E-state index in [1.807, 2.05) is 0 Å². The molecule has 118 valence electrons. The quantitative estimate of drug-likeness (QED) is 0.215. The van der Waals surface area contributed by atoms with Gasteiger partial charge in [-0.3, -0.25) is 4.79 Å². The molecule has 3 N–H and O–H groups in total. The number of halogens is 3. The van der Waals surface area contributed by atoms with Crippen molar-refractivity contribution in [2.24, 2.45) is 10.8 Å². The second-order valence-electron chi connectivity index (χ2n) is 3.63. The molecule has 1 unspecified atom stereocenters. The maximum Gasteiger partial charge on any atom is 0.243 e. The Morgan fingerprint density at radius 3 is 2.55 bits per heavy atom. The van der Waals surface area contributed by atoms with Crippen LogP contribution in [0.25, 0.3) is 10.4 Å². The SMILES string of the molecule is C=CC(=O)NCC(N)C=O.[N-]=[N+]=Nc1c(F)ccc(F)c1F. The lowest BCUT2D eigenvalue weighted by molar-refractivity contribution is -0.116. The predicted molar refractivity (Wildman–Crippen MR) is 72.4 cm³/mol. The molecule has 0 spiro atoms. The van der Waals surface area contributed by atoms with E-state index in [1.54, 1.807) is 0 Å². The van der Waals surface area contributed by atoms with Crippen LogP contribution in [0, 0.1) is 17.5 Å². The zero-order valence-electron chi connectivity index (χ0n) is 11.2. The normalized spacial score (nSPS) is 10.4. The first-order chi connectivity index (χ1) is 10.4. The zero-order chi connectivity index (χ0) is 17.1. The molecular formula is C12H12F3N5O2. The molecule has 0 bridgehead atoms. The molecule has 0 saturated carbocycles. The maximum absolute atomic E-state index is 12.6. The Bertz CT molecular complexity index is 603. The number of aldehydes is 1. The highest BCUT2D eigenvalue weighted by Gasteiger charge is 2.11. The summed E-state index contributed by atoms with van der Waals surface area (Å²) in [5.41, 5.74) is 12.1. The lowest BCUT2D eigenvalue weighted by atomic mass is 10.3. The van der Waals surface area contributed by atoms with Gasteiger partial charge in [0, 0.05) is 11.5 Å². The number of hydrogen-bond acceptors (Lipinski definition) is 4. The van der Waals surface area contributed by atoms with Gasteiger partial charge in [-0.1, -0.05) is 11.7 Å². The van der Waals surface area contributed by atoms with Crippen LogP contribution in [0.15, 0.2) is 29.9 Å². The minimum absolute atomic E-state index is 0.161. The van der Waals surface area contributed by atoms with E-state index in [0.29, 0.717) is 18.4 Å². The Morgan fingerprint density at radius 2 is 2.05 bits per heavy atom. The van der Waals surface area contributed by atoms with Crippen LogP contribution in [0.3, 0.4) is 0 Å². The summed E-state index contributed by atoms with van der Waals surface area (Å²) in [5.74, 6) is -4.14. The smallest absolute Gasteiger partial charge is 0.243 e. The molecular weight excluding hydrogens is 303 g/mol. The molecule has 1 aromatic carbocycles. The van der Waals surface area contributed by atoms with Crippen molar-refractivity contribution in [3.63, 3.8) is 0 Å². The number of benzene rings is 1. The fraction of sp³-hybridized carbons (Fsp3) is 0.167. The summed E-state index contributed by atoms with van der Waals surface area (Å²) in [5, 5.41) is 5.03. The molecule has 0 aliphatic heterocycles. The van der Waals surface area contributed by atoms with Crippen molar-refractivity contribution >= 4 is 17.9 Å². The number of nitrogens with two attached hydrogens (primary N) is 1. The minimum Gasteiger partial charge on any atom is -0.351 e. The van der Waals surface area contributed by atoms with E-state index >= 15 is 0 Å². The predicted octanol–water partition coefficient (Wildman–Crippen LogP) is 1.86. The summed E-state index contributed by atoms with van der Waals surface area (Å²) in [6.07, 6.45) is 1.70. The highest BCUT2D eigenvalue weighted by molar-refractivity contribution is 5.87. The molecule has 0 fully saturated rings. The lowest BCUT2D eigenvalue weighted by Gasteiger charge is -2.02. The summed E-state index contributed by atoms with van der Waals surface area (Å²) in [7, 11) is 0. The topological polar surface area (TPSA) is 121 Å². The van der Waals surface area contributed by atoms with E-state index in [-0.39, 0.29) is 12.5 Å². The first-order valence-corrected chi connectivity index (χ1v) is 5.67. The fourth-order valence-corrected chi connectivity index (χ4v) is 0.991. The van der Waals surface area contributed by atoms with E-state index in [9.17, 15) is 22.8 Å². The van der Waals surface area contributed by atoms with Crippen molar-refractivity contribution in [3.8, 4) is 0 Å². The summed E-state index contributed by atoms with van der Waals surface area (Å²) >= 11 is 0. The molecule has 0 aliphatic rings. The van der Waals surface area contributed by atoms with E-state index in [4.69, 9.17) is 11.3 Å². The number of nitrogens with one attached hydrogen (secondary N) is 1. The van der Waals surface area contributed by atoms with Gasteiger partial charge in [-0.15, -0.1) is 0 Å². The van der Waals surface area contributed by atoms with Gasteiger partial charge in [0.2, 0.25) is 5.91 Å². The Labute approximate surface area is 123 Å². The first kappa shape index (κ1) is 19.2. The number of hydrogen-bond donors (Lipinski definition) is 2. The average Bonchev–Trinajstić information content (AvgIpc) is 2.53. The van der Waals surface area contributed by atoms with Gasteiger partial charge in [-0.05, 0) is 23.7 Å². The van der Waals surface area contributed by atoms with Crippen molar-refractivity contribution in [1.82, 2.24) is 5.32 Å². The zero-order valence-corrected chi connectivity index (χ0v) is 11.2. The summed E-state index contributed by atoms with van der Waals surface area (Å²) in [6.45, 7) is 3.38. The largest absolute Gasteiger partial charge is 0.351 e. The van der Waals surface area contributed by atoms with Crippen molar-refractivity contribution in [2.75, 3.05) is 6.54 Å². The van der Waals surface area contributed by atoms with E-state index in [0.717, 1.165) is 6.08 Å². The molecule has 1 aromatic rings. The molecule has 0 heterocycles. The number of azide groups is 1. The monoisotopic (exact) mass is 315 g/mol. The Kier molecular flexibility index (Phi) is 8.68. The van der Waals surface area contributed by atoms with Crippen molar-refractivity contribution < 1.29 is 22.8 Å². The molecule has 1 atom stereocenters. The second-order valence-corrected chi connectivity index (χ2v) is 3.63. The van der Waals surface area contributed by atoms with Crippen molar-refractivity contribution in [3.05, 3.63) is 52.7 Å². The highest BCUT2D eigenvalue weighted by Crippen LogP contribution is 2.23. The van der Waals surface area contributed by atoms with E-state index in [1.165, 1.54) is 0 Å². The summed E-state index contributed by atoms with van der Waals surface area (Å²) in [4.78, 5) is 22.5. The van der Waals surface area contributed by atoms with Crippen LogP contribution in [0.4, 0.5) is 18.9 Å². The van der Waals surface area contributed by atoms with Gasteiger partial charge in [-0.25, -0.2) is 13.2 Å². The molecule has 1 amide bonds. The van der Waals surface area contributed by atoms with Crippen LogP contribution in [0.2, 0.25) is 0 Å². The van der Waals surface area contributed by atoms with Gasteiger partial charge < -0.3 is 15.8 Å². The van der Waals surface area contributed by atoms with Gasteiger partial charge in [0.15, 0.2) is 11.6 Å². The molecule has 1 rings (SSSR count). The Hall–Kier alpha value is -2.84. The fourth-order valence-electron chi connectivity index (χ4n) is 0.991. The van der Waals surface area contributed by atoms with Crippen molar-refractivity contribution in [1.29, 1.82) is 0 Å². The molecule has 22 heavy (non-hydrogen) atoms. The third kappa shape index (κ3) is 6.55. The van der Waals surface area contributed by atoms with Crippen LogP contribution in [-0.2, 0) is 9.59 Å². The van der Waals surface area contributed by atoms with E-state index in [2.05, 4.69) is 21.9 Å². The molecule has 0 aromatic heterocycles. The highest BCUT2D eigenvalue weighted by atomic mass is 19.2. The van der Waals surface area contributed by atoms with Crippen LogP contribution in [0.5, 0.6) is 0 Å². The molecule has 7 nitrogen and oxygen atoms in total. The maximum atomic E-state index is 12.6. The summed E-state index contributed by atoms with van der Waals surface area (Å²) in [6, 6.07) is 0.674. The van der Waals surface area contributed by atoms with Gasteiger partial charge in [-0.2, -0.15) is 0 Å². The van der Waals surface area contributed by atoms with Crippen LogP contribution in [0.1, 0.15) is 0 Å². The van der Waals surface area contributed by atoms with Gasteiger partial charge in [0.1, 0.15) is 17.8 Å². The Balaban J connectivity index is 0.000000409. The molecule has 0 radical (unpaired) electrons. The van der Waals surface area contributed by atoms with Crippen LogP contribution >= 0.6 is 0 Å². The number of carbonyl (C=O) groups excluding carboxylic acids is 2. The lowest BCUT2D eigenvalue weighted by Crippen LogP contribution is -2.37. The third-order valence-corrected chi connectivity index (χ3v) is 2.04. The second kappa shape index (κ2) is 9.97. The molecule has 10 heteroatoms. The van der Waals surface area contributed by atoms with Crippen LogP contribution < -0.4 is 11.1 Å². The number of nitrogens with zero attached hydrogens (tertiary/aromatic N) is 3. The van der Waals surface area contributed by atoms with Crippen LogP contribution in [-0.4, -0.2) is 24.8 Å². The van der Waals surface area contributed by atoms with E-state index < -0.39 is 29.2 Å². The number of carbonyl (C=O) groups is 2. The summed E-state index contributed by atoms with van der Waals surface area (Å²) < 4.78 is 37.5. The van der Waals surface area contributed by atoms with Crippen molar-refractivity contribution in [2.45, 2.75) is 6.04 Å². The number of amides is 1. The minimum atomic E-state index is -1.48. The molecule has 0 aliphatic carbocycles. The first-order valence-electron chi connectivity index (χ1n) is 5.67.